The fraction of sp³-hybridized carbons (Fsp3) is 0.900. The summed E-state index contributed by atoms with van der Waals surface area (Å²) in [5, 5.41) is 20.5. The molecule has 0 bridgehead atoms. The Hall–Kier alpha value is -1.08. The van der Waals surface area contributed by atoms with Crippen molar-refractivity contribution in [3.05, 3.63) is 0 Å². The van der Waals surface area contributed by atoms with Gasteiger partial charge in [-0.1, -0.05) is 13.8 Å². The van der Waals surface area contributed by atoms with Crippen molar-refractivity contribution in [2.45, 2.75) is 76.9 Å². The van der Waals surface area contributed by atoms with Gasteiger partial charge in [-0.3, -0.25) is 4.79 Å². The summed E-state index contributed by atoms with van der Waals surface area (Å²) in [6.45, 7) is 4.57. The van der Waals surface area contributed by atoms with Crippen LogP contribution in [0.4, 0.5) is 0 Å². The first-order chi connectivity index (χ1) is 11.3. The summed E-state index contributed by atoms with van der Waals surface area (Å²) in [4.78, 5) is 14.2. The number of hydrogen-bond donors (Lipinski definition) is 1. The zero-order chi connectivity index (χ0) is 17.3. The number of amides is 1. The number of fused-ring (bicyclic) bond motifs is 5. The molecule has 132 valence electrons. The Bertz CT molecular complexity index is 613. The molecule has 4 fully saturated rings. The lowest BCUT2D eigenvalue weighted by Gasteiger charge is -2.62. The van der Waals surface area contributed by atoms with E-state index in [4.69, 9.17) is 0 Å². The van der Waals surface area contributed by atoms with Crippen LogP contribution in [0.25, 0.3) is 0 Å². The number of carbonyl (C=O) groups excluding carboxylic acids is 1. The minimum absolute atomic E-state index is 0.209. The third-order valence-electron chi connectivity index (χ3n) is 8.89. The van der Waals surface area contributed by atoms with Gasteiger partial charge in [0.05, 0.1) is 6.07 Å². The molecule has 0 spiro atoms. The van der Waals surface area contributed by atoms with E-state index < -0.39 is 5.60 Å². The maximum atomic E-state index is 12.2. The molecule has 1 N–H and O–H groups in total. The van der Waals surface area contributed by atoms with E-state index in [2.05, 4.69) is 19.9 Å². The molecular weight excluding hydrogens is 300 g/mol. The SMILES string of the molecule is CN1C(=O)CC[C@@]2(C)C1CC[C@@H]1[C@H]2CC[C@@]2(C)[C@H]1CCC2(O)C#N. The van der Waals surface area contributed by atoms with E-state index in [-0.39, 0.29) is 10.8 Å². The molecule has 3 saturated carbocycles. The Labute approximate surface area is 145 Å². The van der Waals surface area contributed by atoms with Crippen molar-refractivity contribution in [1.82, 2.24) is 4.90 Å². The molecule has 3 aliphatic carbocycles. The normalized spacial score (nSPS) is 53.8. The molecule has 4 aliphatic rings. The molecule has 4 nitrogen and oxygen atoms in total. The lowest BCUT2D eigenvalue weighted by molar-refractivity contribution is -0.163. The van der Waals surface area contributed by atoms with Crippen LogP contribution in [0.5, 0.6) is 0 Å². The summed E-state index contributed by atoms with van der Waals surface area (Å²) in [6.07, 6.45) is 7.57. The van der Waals surface area contributed by atoms with Crippen LogP contribution in [0.3, 0.4) is 0 Å². The quantitative estimate of drug-likeness (QED) is 0.694. The topological polar surface area (TPSA) is 64.3 Å². The van der Waals surface area contributed by atoms with Crippen molar-refractivity contribution >= 4 is 5.91 Å². The van der Waals surface area contributed by atoms with Crippen LogP contribution in [0.1, 0.15) is 65.2 Å². The highest BCUT2D eigenvalue weighted by molar-refractivity contribution is 5.77. The number of nitrogens with zero attached hydrogens (tertiary/aromatic N) is 2. The number of carbonyl (C=O) groups is 1. The average molecular weight is 330 g/mol. The number of rotatable bonds is 0. The van der Waals surface area contributed by atoms with Crippen LogP contribution in [-0.2, 0) is 4.79 Å². The van der Waals surface area contributed by atoms with Crippen molar-refractivity contribution in [2.24, 2.45) is 28.6 Å². The second-order valence-electron chi connectivity index (χ2n) is 9.45. The monoisotopic (exact) mass is 330 g/mol. The number of piperidine rings is 1. The van der Waals surface area contributed by atoms with E-state index in [9.17, 15) is 15.2 Å². The van der Waals surface area contributed by atoms with Crippen molar-refractivity contribution in [3.8, 4) is 6.07 Å². The summed E-state index contributed by atoms with van der Waals surface area (Å²) < 4.78 is 0. The predicted octanol–water partition coefficient (Wildman–Crippen LogP) is 3.10. The summed E-state index contributed by atoms with van der Waals surface area (Å²) >= 11 is 0. The molecule has 7 atom stereocenters. The van der Waals surface area contributed by atoms with Crippen molar-refractivity contribution in [2.75, 3.05) is 7.05 Å². The highest BCUT2D eigenvalue weighted by atomic mass is 16.3. The molecule has 0 aromatic heterocycles. The summed E-state index contributed by atoms with van der Waals surface area (Å²) in [7, 11) is 1.99. The zero-order valence-corrected chi connectivity index (χ0v) is 15.2. The zero-order valence-electron chi connectivity index (χ0n) is 15.2. The Balaban J connectivity index is 1.67. The average Bonchev–Trinajstić information content (AvgIpc) is 2.84. The maximum absolute atomic E-state index is 12.2. The van der Waals surface area contributed by atoms with Crippen LogP contribution >= 0.6 is 0 Å². The molecule has 0 aromatic rings. The molecule has 0 aromatic carbocycles. The highest BCUT2D eigenvalue weighted by Crippen LogP contribution is 2.66. The van der Waals surface area contributed by atoms with Crippen molar-refractivity contribution in [1.29, 1.82) is 5.26 Å². The first kappa shape index (κ1) is 16.4. The van der Waals surface area contributed by atoms with Gasteiger partial charge in [0.15, 0.2) is 5.60 Å². The van der Waals surface area contributed by atoms with E-state index in [0.717, 1.165) is 38.5 Å². The van der Waals surface area contributed by atoms with Gasteiger partial charge in [-0.25, -0.2) is 0 Å². The van der Waals surface area contributed by atoms with Crippen LogP contribution in [0.15, 0.2) is 0 Å². The minimum Gasteiger partial charge on any atom is -0.375 e. The fourth-order valence-corrected chi connectivity index (χ4v) is 7.35. The third-order valence-corrected chi connectivity index (χ3v) is 8.89. The first-order valence-electron chi connectivity index (χ1n) is 9.66. The van der Waals surface area contributed by atoms with Crippen LogP contribution in [0.2, 0.25) is 0 Å². The van der Waals surface area contributed by atoms with Gasteiger partial charge < -0.3 is 10.0 Å². The standard InChI is InChI=1S/C20H30N2O2/c1-18-9-8-17(23)22(3)16(18)5-4-13-14(18)6-10-19(2)15(13)7-11-20(19,24)12-21/h13-16,24H,4-11H2,1-3H3/t13-,14-,15+,16?,18-,19+,20?/m1/s1. The van der Waals surface area contributed by atoms with E-state index in [1.165, 1.54) is 0 Å². The van der Waals surface area contributed by atoms with E-state index in [0.29, 0.717) is 42.5 Å². The summed E-state index contributed by atoms with van der Waals surface area (Å²) in [6, 6.07) is 2.63. The number of hydrogen-bond acceptors (Lipinski definition) is 3. The first-order valence-corrected chi connectivity index (χ1v) is 9.66. The third kappa shape index (κ3) is 1.80. The molecule has 24 heavy (non-hydrogen) atoms. The molecule has 1 saturated heterocycles. The second kappa shape index (κ2) is 4.97. The Morgan fingerprint density at radius 1 is 1.12 bits per heavy atom. The highest BCUT2D eigenvalue weighted by Gasteiger charge is 2.65. The minimum atomic E-state index is -1.14. The van der Waals surface area contributed by atoms with Gasteiger partial charge in [0.2, 0.25) is 5.91 Å². The smallest absolute Gasteiger partial charge is 0.222 e. The second-order valence-corrected chi connectivity index (χ2v) is 9.45. The molecule has 1 amide bonds. The molecule has 4 heteroatoms. The fourth-order valence-electron chi connectivity index (χ4n) is 7.35. The largest absolute Gasteiger partial charge is 0.375 e. The van der Waals surface area contributed by atoms with Gasteiger partial charge >= 0.3 is 0 Å². The summed E-state index contributed by atoms with van der Waals surface area (Å²) in [5.41, 5.74) is -1.18. The molecule has 0 radical (unpaired) electrons. The number of nitriles is 1. The maximum Gasteiger partial charge on any atom is 0.222 e. The van der Waals surface area contributed by atoms with E-state index >= 15 is 0 Å². The lowest BCUT2D eigenvalue weighted by atomic mass is 9.46. The van der Waals surface area contributed by atoms with E-state index in [1.54, 1.807) is 0 Å². The Morgan fingerprint density at radius 3 is 2.54 bits per heavy atom. The molecule has 1 heterocycles. The van der Waals surface area contributed by atoms with Crippen LogP contribution < -0.4 is 0 Å². The van der Waals surface area contributed by atoms with Crippen molar-refractivity contribution < 1.29 is 9.90 Å². The molecule has 2 unspecified atom stereocenters. The van der Waals surface area contributed by atoms with Gasteiger partial charge in [-0.05, 0) is 68.1 Å². The van der Waals surface area contributed by atoms with E-state index in [1.807, 2.05) is 11.9 Å². The Kier molecular flexibility index (Phi) is 3.40. The summed E-state index contributed by atoms with van der Waals surface area (Å²) in [5.74, 6) is 2.00. The van der Waals surface area contributed by atoms with Crippen LogP contribution in [0, 0.1) is 39.9 Å². The number of likely N-dealkylation sites (tertiary alicyclic amines) is 1. The van der Waals surface area contributed by atoms with Gasteiger partial charge in [-0.2, -0.15) is 5.26 Å². The molecule has 4 rings (SSSR count). The molecular formula is C20H30N2O2. The van der Waals surface area contributed by atoms with Crippen molar-refractivity contribution in [3.63, 3.8) is 0 Å². The Morgan fingerprint density at radius 2 is 1.83 bits per heavy atom. The number of aliphatic hydroxyl groups is 1. The van der Waals surface area contributed by atoms with Gasteiger partial charge in [-0.15, -0.1) is 0 Å². The van der Waals surface area contributed by atoms with Crippen LogP contribution in [-0.4, -0.2) is 34.6 Å². The van der Waals surface area contributed by atoms with Gasteiger partial charge in [0.25, 0.3) is 0 Å². The lowest BCUT2D eigenvalue weighted by Crippen LogP contribution is -2.62. The van der Waals surface area contributed by atoms with Gasteiger partial charge in [0.1, 0.15) is 0 Å². The van der Waals surface area contributed by atoms with Gasteiger partial charge in [0, 0.05) is 24.9 Å². The molecule has 1 aliphatic heterocycles. The predicted molar refractivity (Wildman–Crippen MR) is 90.7 cm³/mol.